The Morgan fingerprint density at radius 1 is 1.19 bits per heavy atom. The fourth-order valence-electron chi connectivity index (χ4n) is 3.15. The van der Waals surface area contributed by atoms with Crippen molar-refractivity contribution in [3.8, 4) is 0 Å². The molecule has 2 heterocycles. The van der Waals surface area contributed by atoms with Gasteiger partial charge in [0.15, 0.2) is 5.96 Å². The van der Waals surface area contributed by atoms with Crippen LogP contribution < -0.4 is 10.6 Å². The second-order valence-corrected chi connectivity index (χ2v) is 7.45. The van der Waals surface area contributed by atoms with Crippen LogP contribution >= 0.6 is 11.6 Å². The molecule has 0 unspecified atom stereocenters. The van der Waals surface area contributed by atoms with E-state index in [1.54, 1.807) is 0 Å². The Kier molecular flexibility index (Phi) is 6.04. The van der Waals surface area contributed by atoms with Crippen molar-refractivity contribution in [3.63, 3.8) is 0 Å². The SMILES string of the molecule is CC(C)Cn1ccnc1CN=C(N)N1CCN(c2ccc(Cl)cc2)CC1. The van der Waals surface area contributed by atoms with E-state index in [9.17, 15) is 0 Å². The van der Waals surface area contributed by atoms with Crippen LogP contribution in [0.5, 0.6) is 0 Å². The van der Waals surface area contributed by atoms with Gasteiger partial charge in [-0.1, -0.05) is 25.4 Å². The Morgan fingerprint density at radius 2 is 1.88 bits per heavy atom. The first-order valence-electron chi connectivity index (χ1n) is 9.08. The van der Waals surface area contributed by atoms with Crippen molar-refractivity contribution in [1.29, 1.82) is 0 Å². The Morgan fingerprint density at radius 3 is 2.54 bits per heavy atom. The largest absolute Gasteiger partial charge is 0.370 e. The van der Waals surface area contributed by atoms with E-state index in [0.29, 0.717) is 18.4 Å². The molecule has 1 fully saturated rings. The number of benzene rings is 1. The average molecular weight is 375 g/mol. The van der Waals surface area contributed by atoms with Crippen molar-refractivity contribution in [2.24, 2.45) is 16.6 Å². The van der Waals surface area contributed by atoms with Gasteiger partial charge in [0.2, 0.25) is 0 Å². The summed E-state index contributed by atoms with van der Waals surface area (Å²) >= 11 is 5.97. The normalized spacial score (nSPS) is 15.8. The third-order valence-electron chi connectivity index (χ3n) is 4.54. The zero-order valence-corrected chi connectivity index (χ0v) is 16.2. The molecule has 0 aliphatic carbocycles. The molecular formula is C19H27ClN6. The highest BCUT2D eigenvalue weighted by molar-refractivity contribution is 6.30. The van der Waals surface area contributed by atoms with E-state index in [1.165, 1.54) is 5.69 Å². The molecule has 0 spiro atoms. The molecule has 2 aromatic rings. The molecule has 26 heavy (non-hydrogen) atoms. The van der Waals surface area contributed by atoms with Crippen LogP contribution in [-0.4, -0.2) is 46.6 Å². The number of halogens is 1. The maximum atomic E-state index is 6.22. The first-order valence-corrected chi connectivity index (χ1v) is 9.46. The molecule has 0 bridgehead atoms. The minimum atomic E-state index is 0.517. The first-order chi connectivity index (χ1) is 12.5. The fraction of sp³-hybridized carbons (Fsp3) is 0.474. The van der Waals surface area contributed by atoms with Crippen LogP contribution in [0.25, 0.3) is 0 Å². The van der Waals surface area contributed by atoms with Crippen molar-refractivity contribution in [2.45, 2.75) is 26.9 Å². The van der Waals surface area contributed by atoms with Gasteiger partial charge in [-0.05, 0) is 30.2 Å². The lowest BCUT2D eigenvalue weighted by molar-refractivity contribution is 0.380. The number of hydrogen-bond donors (Lipinski definition) is 1. The van der Waals surface area contributed by atoms with Gasteiger partial charge in [0, 0.05) is 55.8 Å². The highest BCUT2D eigenvalue weighted by Gasteiger charge is 2.18. The summed E-state index contributed by atoms with van der Waals surface area (Å²) in [5.41, 5.74) is 7.42. The molecule has 0 amide bonds. The molecule has 3 rings (SSSR count). The number of hydrogen-bond acceptors (Lipinski definition) is 3. The van der Waals surface area contributed by atoms with Crippen LogP contribution in [0.2, 0.25) is 5.02 Å². The monoisotopic (exact) mass is 374 g/mol. The molecule has 7 heteroatoms. The number of anilines is 1. The topological polar surface area (TPSA) is 62.7 Å². The summed E-state index contributed by atoms with van der Waals surface area (Å²) in [5.74, 6) is 2.13. The molecular weight excluding hydrogens is 348 g/mol. The predicted molar refractivity (Wildman–Crippen MR) is 108 cm³/mol. The van der Waals surface area contributed by atoms with Crippen molar-refractivity contribution >= 4 is 23.2 Å². The Balaban J connectivity index is 1.55. The van der Waals surface area contributed by atoms with Crippen LogP contribution in [0.15, 0.2) is 41.7 Å². The summed E-state index contributed by atoms with van der Waals surface area (Å²) in [7, 11) is 0. The minimum absolute atomic E-state index is 0.517. The summed E-state index contributed by atoms with van der Waals surface area (Å²) in [4.78, 5) is 13.5. The Labute approximate surface area is 160 Å². The molecule has 1 aromatic heterocycles. The van der Waals surface area contributed by atoms with Gasteiger partial charge in [-0.15, -0.1) is 0 Å². The van der Waals surface area contributed by atoms with Gasteiger partial charge >= 0.3 is 0 Å². The van der Waals surface area contributed by atoms with Crippen LogP contribution in [0.4, 0.5) is 5.69 Å². The molecule has 140 valence electrons. The molecule has 0 saturated carbocycles. The van der Waals surface area contributed by atoms with Crippen LogP contribution in [0.1, 0.15) is 19.7 Å². The van der Waals surface area contributed by atoms with Crippen molar-refractivity contribution in [2.75, 3.05) is 31.1 Å². The van der Waals surface area contributed by atoms with Gasteiger partial charge in [0.05, 0.1) is 0 Å². The summed E-state index contributed by atoms with van der Waals surface area (Å²) in [5, 5.41) is 0.764. The smallest absolute Gasteiger partial charge is 0.191 e. The minimum Gasteiger partial charge on any atom is -0.370 e. The molecule has 1 aliphatic rings. The highest BCUT2D eigenvalue weighted by Crippen LogP contribution is 2.19. The lowest BCUT2D eigenvalue weighted by atomic mass is 10.2. The van der Waals surface area contributed by atoms with Gasteiger partial charge in [-0.3, -0.25) is 0 Å². The van der Waals surface area contributed by atoms with Crippen LogP contribution in [0, 0.1) is 5.92 Å². The lowest BCUT2D eigenvalue weighted by Gasteiger charge is -2.36. The number of aliphatic imine (C=N–C) groups is 1. The van der Waals surface area contributed by atoms with Gasteiger partial charge in [0.25, 0.3) is 0 Å². The summed E-state index contributed by atoms with van der Waals surface area (Å²) < 4.78 is 2.15. The predicted octanol–water partition coefficient (Wildman–Crippen LogP) is 2.83. The number of nitrogens with two attached hydrogens (primary N) is 1. The molecule has 2 N–H and O–H groups in total. The van der Waals surface area contributed by atoms with Gasteiger partial charge in [0.1, 0.15) is 12.4 Å². The number of imidazole rings is 1. The second kappa shape index (κ2) is 8.45. The van der Waals surface area contributed by atoms with E-state index >= 15 is 0 Å². The molecule has 0 atom stereocenters. The number of piperazine rings is 1. The van der Waals surface area contributed by atoms with E-state index < -0.39 is 0 Å². The molecule has 1 aromatic carbocycles. The molecule has 6 nitrogen and oxygen atoms in total. The van der Waals surface area contributed by atoms with Crippen LogP contribution in [-0.2, 0) is 13.1 Å². The first kappa shape index (κ1) is 18.6. The maximum Gasteiger partial charge on any atom is 0.191 e. The van der Waals surface area contributed by atoms with Crippen molar-refractivity contribution < 1.29 is 0 Å². The van der Waals surface area contributed by atoms with Gasteiger partial charge in [-0.2, -0.15) is 0 Å². The third-order valence-corrected chi connectivity index (χ3v) is 4.79. The fourth-order valence-corrected chi connectivity index (χ4v) is 3.27. The molecule has 1 aliphatic heterocycles. The second-order valence-electron chi connectivity index (χ2n) is 7.01. The summed E-state index contributed by atoms with van der Waals surface area (Å²) in [6.07, 6.45) is 3.83. The van der Waals surface area contributed by atoms with Gasteiger partial charge < -0.3 is 20.1 Å². The van der Waals surface area contributed by atoms with E-state index in [0.717, 1.165) is 43.6 Å². The van der Waals surface area contributed by atoms with Crippen molar-refractivity contribution in [1.82, 2.24) is 14.5 Å². The number of aromatic nitrogens is 2. The quantitative estimate of drug-likeness (QED) is 0.645. The van der Waals surface area contributed by atoms with E-state index in [4.69, 9.17) is 17.3 Å². The maximum absolute atomic E-state index is 6.22. The lowest BCUT2D eigenvalue weighted by Crippen LogP contribution is -2.51. The standard InChI is InChI=1S/C19H27ClN6/c1-15(2)14-26-8-7-22-18(26)13-23-19(21)25-11-9-24(10-12-25)17-5-3-16(20)4-6-17/h3-8,15H,9-14H2,1-2H3,(H2,21,23). The van der Waals surface area contributed by atoms with E-state index in [1.807, 2.05) is 24.5 Å². The number of nitrogens with zero attached hydrogens (tertiary/aromatic N) is 5. The zero-order valence-electron chi connectivity index (χ0n) is 15.5. The van der Waals surface area contributed by atoms with Crippen LogP contribution in [0.3, 0.4) is 0 Å². The Hall–Kier alpha value is -2.21. The Bertz CT molecular complexity index is 729. The average Bonchev–Trinajstić information content (AvgIpc) is 3.07. The van der Waals surface area contributed by atoms with E-state index in [2.05, 4.69) is 50.3 Å². The number of guanidine groups is 1. The highest BCUT2D eigenvalue weighted by atomic mass is 35.5. The molecule has 0 radical (unpaired) electrons. The number of rotatable bonds is 5. The summed E-state index contributed by atoms with van der Waals surface area (Å²) in [6, 6.07) is 7.98. The third kappa shape index (κ3) is 4.69. The van der Waals surface area contributed by atoms with Gasteiger partial charge in [-0.25, -0.2) is 9.98 Å². The zero-order chi connectivity index (χ0) is 18.5. The molecule has 1 saturated heterocycles. The summed E-state index contributed by atoms with van der Waals surface area (Å²) in [6.45, 7) is 9.41. The van der Waals surface area contributed by atoms with E-state index in [-0.39, 0.29) is 0 Å². The van der Waals surface area contributed by atoms with Crippen molar-refractivity contribution in [3.05, 3.63) is 47.5 Å².